The van der Waals surface area contributed by atoms with Crippen LogP contribution in [0, 0.1) is 0 Å². The predicted molar refractivity (Wildman–Crippen MR) is 111 cm³/mol. The molecule has 0 aliphatic heterocycles. The molecule has 0 bridgehead atoms. The number of benzene rings is 3. The third-order valence-electron chi connectivity index (χ3n) is 4.86. The number of hydrogen-bond acceptors (Lipinski definition) is 3. The average molecular weight is 371 g/mol. The maximum atomic E-state index is 13.2. The van der Waals surface area contributed by atoms with E-state index in [0.29, 0.717) is 22.3 Å². The third kappa shape index (κ3) is 3.39. The van der Waals surface area contributed by atoms with E-state index in [9.17, 15) is 9.59 Å². The Morgan fingerprint density at radius 3 is 2.50 bits per heavy atom. The Labute approximate surface area is 162 Å². The summed E-state index contributed by atoms with van der Waals surface area (Å²) in [6.45, 7) is 4.15. The van der Waals surface area contributed by atoms with Gasteiger partial charge in [-0.2, -0.15) is 0 Å². The summed E-state index contributed by atoms with van der Waals surface area (Å²) in [5.41, 5.74) is 1.06. The minimum absolute atomic E-state index is 0.0456. The van der Waals surface area contributed by atoms with E-state index >= 15 is 0 Å². The van der Waals surface area contributed by atoms with Crippen LogP contribution in [0.5, 0.6) is 0 Å². The molecule has 1 heterocycles. The molecule has 0 aliphatic rings. The standard InChI is InChI=1S/C23H21N3O2/c1-15(2)26(14-21-24-20-10-6-5-9-19(20)22(27)25-21)23(28)18-12-11-16-7-3-4-8-17(16)13-18/h3-13,15H,14H2,1-2H3,(H,24,25,27). The lowest BCUT2D eigenvalue weighted by molar-refractivity contribution is 0.0685. The van der Waals surface area contributed by atoms with Gasteiger partial charge in [-0.3, -0.25) is 9.59 Å². The van der Waals surface area contributed by atoms with Gasteiger partial charge in [0.1, 0.15) is 5.82 Å². The number of nitrogens with one attached hydrogen (secondary N) is 1. The van der Waals surface area contributed by atoms with E-state index in [-0.39, 0.29) is 24.1 Å². The first kappa shape index (κ1) is 17.9. The summed E-state index contributed by atoms with van der Waals surface area (Å²) in [5, 5.41) is 2.66. The Balaban J connectivity index is 1.68. The Morgan fingerprint density at radius 2 is 1.71 bits per heavy atom. The Kier molecular flexibility index (Phi) is 4.65. The highest BCUT2D eigenvalue weighted by Crippen LogP contribution is 2.19. The summed E-state index contributed by atoms with van der Waals surface area (Å²) in [5.74, 6) is 0.392. The number of amides is 1. The Morgan fingerprint density at radius 1 is 1.00 bits per heavy atom. The number of H-pyrrole nitrogens is 1. The first-order valence-corrected chi connectivity index (χ1v) is 9.30. The summed E-state index contributed by atoms with van der Waals surface area (Å²) in [6.07, 6.45) is 0. The van der Waals surface area contributed by atoms with Gasteiger partial charge < -0.3 is 9.88 Å². The number of aromatic amines is 1. The van der Waals surface area contributed by atoms with Gasteiger partial charge in [-0.05, 0) is 48.9 Å². The van der Waals surface area contributed by atoms with Crippen LogP contribution in [0.3, 0.4) is 0 Å². The third-order valence-corrected chi connectivity index (χ3v) is 4.86. The first-order chi connectivity index (χ1) is 13.5. The fourth-order valence-electron chi connectivity index (χ4n) is 3.35. The minimum Gasteiger partial charge on any atom is -0.329 e. The van der Waals surface area contributed by atoms with Gasteiger partial charge in [0, 0.05) is 11.6 Å². The fourth-order valence-corrected chi connectivity index (χ4v) is 3.35. The monoisotopic (exact) mass is 371 g/mol. The summed E-state index contributed by atoms with van der Waals surface area (Å²) < 4.78 is 0. The van der Waals surface area contributed by atoms with Crippen LogP contribution in [0.4, 0.5) is 0 Å². The van der Waals surface area contributed by atoms with Crippen LogP contribution in [-0.4, -0.2) is 26.8 Å². The quantitative estimate of drug-likeness (QED) is 0.587. The molecular formula is C23H21N3O2. The number of aromatic nitrogens is 2. The molecule has 0 atom stereocenters. The molecule has 4 rings (SSSR count). The maximum absolute atomic E-state index is 13.2. The molecular weight excluding hydrogens is 350 g/mol. The van der Waals surface area contributed by atoms with Crippen molar-refractivity contribution in [3.8, 4) is 0 Å². The van der Waals surface area contributed by atoms with Crippen molar-refractivity contribution >= 4 is 27.6 Å². The molecule has 5 nitrogen and oxygen atoms in total. The number of fused-ring (bicyclic) bond motifs is 2. The van der Waals surface area contributed by atoms with Gasteiger partial charge in [-0.25, -0.2) is 4.98 Å². The van der Waals surface area contributed by atoms with Gasteiger partial charge in [-0.1, -0.05) is 42.5 Å². The lowest BCUT2D eigenvalue weighted by atomic mass is 10.1. The zero-order valence-corrected chi connectivity index (χ0v) is 15.8. The van der Waals surface area contributed by atoms with Crippen molar-refractivity contribution in [2.24, 2.45) is 0 Å². The van der Waals surface area contributed by atoms with E-state index in [4.69, 9.17) is 0 Å². The second-order valence-corrected chi connectivity index (χ2v) is 7.12. The average Bonchev–Trinajstić information content (AvgIpc) is 2.71. The highest BCUT2D eigenvalue weighted by molar-refractivity contribution is 5.98. The topological polar surface area (TPSA) is 66.1 Å². The van der Waals surface area contributed by atoms with Crippen LogP contribution < -0.4 is 5.56 Å². The van der Waals surface area contributed by atoms with Gasteiger partial charge in [0.25, 0.3) is 11.5 Å². The molecule has 0 saturated carbocycles. The van der Waals surface area contributed by atoms with Gasteiger partial charge in [0.15, 0.2) is 0 Å². The van der Waals surface area contributed by atoms with Crippen molar-refractivity contribution in [2.45, 2.75) is 26.4 Å². The molecule has 28 heavy (non-hydrogen) atoms. The molecule has 140 valence electrons. The molecule has 0 spiro atoms. The molecule has 5 heteroatoms. The molecule has 0 saturated heterocycles. The normalized spacial score (nSPS) is 11.2. The highest BCUT2D eigenvalue weighted by atomic mass is 16.2. The smallest absolute Gasteiger partial charge is 0.258 e. The molecule has 0 unspecified atom stereocenters. The van der Waals surface area contributed by atoms with Crippen molar-refractivity contribution in [3.63, 3.8) is 0 Å². The number of carbonyl (C=O) groups excluding carboxylic acids is 1. The second kappa shape index (κ2) is 7.27. The number of carbonyl (C=O) groups is 1. The summed E-state index contributed by atoms with van der Waals surface area (Å²) in [4.78, 5) is 34.6. The number of para-hydroxylation sites is 1. The lowest BCUT2D eigenvalue weighted by Crippen LogP contribution is -2.37. The van der Waals surface area contributed by atoms with Crippen molar-refractivity contribution in [3.05, 3.63) is 88.5 Å². The van der Waals surface area contributed by atoms with Gasteiger partial charge in [-0.15, -0.1) is 0 Å². The fraction of sp³-hybridized carbons (Fsp3) is 0.174. The number of nitrogens with zero attached hydrogens (tertiary/aromatic N) is 2. The van der Waals surface area contributed by atoms with Crippen molar-refractivity contribution in [1.82, 2.24) is 14.9 Å². The van der Waals surface area contributed by atoms with E-state index in [0.717, 1.165) is 10.8 Å². The van der Waals surface area contributed by atoms with Crippen molar-refractivity contribution in [1.29, 1.82) is 0 Å². The molecule has 0 fully saturated rings. The first-order valence-electron chi connectivity index (χ1n) is 9.30. The molecule has 1 N–H and O–H groups in total. The van der Waals surface area contributed by atoms with E-state index in [1.54, 1.807) is 17.0 Å². The van der Waals surface area contributed by atoms with E-state index in [2.05, 4.69) is 9.97 Å². The van der Waals surface area contributed by atoms with Crippen LogP contribution in [0.2, 0.25) is 0 Å². The van der Waals surface area contributed by atoms with Crippen LogP contribution in [0.15, 0.2) is 71.5 Å². The van der Waals surface area contributed by atoms with Crippen LogP contribution in [-0.2, 0) is 6.54 Å². The Bertz CT molecular complexity index is 1230. The predicted octanol–water partition coefficient (Wildman–Crippen LogP) is 4.13. The van der Waals surface area contributed by atoms with E-state index in [1.807, 2.05) is 68.4 Å². The highest BCUT2D eigenvalue weighted by Gasteiger charge is 2.20. The summed E-state index contributed by atoms with van der Waals surface area (Å²) in [7, 11) is 0. The van der Waals surface area contributed by atoms with Crippen LogP contribution >= 0.6 is 0 Å². The summed E-state index contributed by atoms with van der Waals surface area (Å²) in [6, 6.07) is 20.8. The van der Waals surface area contributed by atoms with Gasteiger partial charge >= 0.3 is 0 Å². The molecule has 3 aromatic carbocycles. The van der Waals surface area contributed by atoms with Crippen molar-refractivity contribution in [2.75, 3.05) is 0 Å². The second-order valence-electron chi connectivity index (χ2n) is 7.12. The maximum Gasteiger partial charge on any atom is 0.258 e. The van der Waals surface area contributed by atoms with Crippen molar-refractivity contribution < 1.29 is 4.79 Å². The zero-order valence-electron chi connectivity index (χ0n) is 15.8. The lowest BCUT2D eigenvalue weighted by Gasteiger charge is -2.26. The number of rotatable bonds is 4. The SMILES string of the molecule is CC(C)N(Cc1nc2ccccc2c(=O)[nH]1)C(=O)c1ccc2ccccc2c1. The molecule has 0 aliphatic carbocycles. The Hall–Kier alpha value is -3.47. The molecule has 1 aromatic heterocycles. The largest absolute Gasteiger partial charge is 0.329 e. The van der Waals surface area contributed by atoms with Gasteiger partial charge in [0.05, 0.1) is 17.4 Å². The molecule has 0 radical (unpaired) electrons. The number of hydrogen-bond donors (Lipinski definition) is 1. The van der Waals surface area contributed by atoms with E-state index < -0.39 is 0 Å². The molecule has 4 aromatic rings. The minimum atomic E-state index is -0.192. The van der Waals surface area contributed by atoms with Crippen LogP contribution in [0.25, 0.3) is 21.7 Å². The summed E-state index contributed by atoms with van der Waals surface area (Å²) >= 11 is 0. The zero-order chi connectivity index (χ0) is 19.7. The van der Waals surface area contributed by atoms with Gasteiger partial charge in [0.2, 0.25) is 0 Å². The van der Waals surface area contributed by atoms with Crippen LogP contribution in [0.1, 0.15) is 30.0 Å². The van der Waals surface area contributed by atoms with E-state index in [1.165, 1.54) is 0 Å². The molecule has 1 amide bonds.